The van der Waals surface area contributed by atoms with Crippen molar-refractivity contribution < 1.29 is 52.7 Å². The second kappa shape index (κ2) is 11.6. The number of halogens is 6. The number of carbonyl (C=O) groups excluding carboxylic acids is 1. The zero-order chi connectivity index (χ0) is 30.9. The Morgan fingerprint density at radius 2 is 1.40 bits per heavy atom. The SMILES string of the molecule is O=C(c1ccccc1OC(F)(F)F)N1CCC(NS(=O)(=O)c2cc(S(=O)(=O)c3ccccc3)ccc2C(F)(F)F)CC1. The first-order chi connectivity index (χ1) is 19.5. The molecule has 0 spiro atoms. The van der Waals surface area contributed by atoms with Crippen molar-refractivity contribution in [3.63, 3.8) is 0 Å². The van der Waals surface area contributed by atoms with Crippen molar-refractivity contribution in [2.45, 2.75) is 46.1 Å². The number of likely N-dealkylation sites (tertiary alicyclic amines) is 1. The zero-order valence-electron chi connectivity index (χ0n) is 21.3. The lowest BCUT2D eigenvalue weighted by molar-refractivity contribution is -0.274. The first kappa shape index (κ1) is 31.3. The lowest BCUT2D eigenvalue weighted by atomic mass is 10.0. The molecule has 1 heterocycles. The van der Waals surface area contributed by atoms with Crippen LogP contribution in [-0.4, -0.2) is 53.1 Å². The van der Waals surface area contributed by atoms with E-state index >= 15 is 0 Å². The summed E-state index contributed by atoms with van der Waals surface area (Å²) in [5.74, 6) is -1.53. The van der Waals surface area contributed by atoms with Crippen LogP contribution in [0.15, 0.2) is 87.5 Å². The Balaban J connectivity index is 1.55. The molecule has 0 radical (unpaired) electrons. The third kappa shape index (κ3) is 7.04. The van der Waals surface area contributed by atoms with E-state index in [2.05, 4.69) is 9.46 Å². The summed E-state index contributed by atoms with van der Waals surface area (Å²) in [5.41, 5.74) is -1.95. The van der Waals surface area contributed by atoms with Gasteiger partial charge in [-0.15, -0.1) is 13.2 Å². The molecule has 3 aromatic rings. The van der Waals surface area contributed by atoms with E-state index in [1.165, 1.54) is 42.5 Å². The topological polar surface area (TPSA) is 110 Å². The van der Waals surface area contributed by atoms with E-state index in [4.69, 9.17) is 0 Å². The highest BCUT2D eigenvalue weighted by Gasteiger charge is 2.40. The lowest BCUT2D eigenvalue weighted by Gasteiger charge is -2.32. The standard InChI is InChI=1S/C26H22F6N2O6S2/c27-25(28,29)21-11-10-19(41(36,37)18-6-2-1-3-7-18)16-23(21)42(38,39)33-17-12-14-34(15-13-17)24(35)20-8-4-5-9-22(20)40-26(30,31)32/h1-11,16-17,33H,12-15H2. The molecule has 1 N–H and O–H groups in total. The summed E-state index contributed by atoms with van der Waals surface area (Å²) in [4.78, 5) is 11.8. The fraction of sp³-hybridized carbons (Fsp3) is 0.269. The molecule has 1 amide bonds. The predicted molar refractivity (Wildman–Crippen MR) is 136 cm³/mol. The number of amides is 1. The van der Waals surface area contributed by atoms with E-state index in [1.807, 2.05) is 0 Å². The number of hydrogen-bond donors (Lipinski definition) is 1. The van der Waals surface area contributed by atoms with Crippen molar-refractivity contribution in [3.8, 4) is 5.75 Å². The average molecular weight is 637 g/mol. The van der Waals surface area contributed by atoms with Crippen LogP contribution in [0.25, 0.3) is 0 Å². The molecule has 0 aromatic heterocycles. The maximum absolute atomic E-state index is 13.8. The summed E-state index contributed by atoms with van der Waals surface area (Å²) in [6.45, 7) is -0.276. The smallest absolute Gasteiger partial charge is 0.405 e. The molecule has 3 aromatic carbocycles. The maximum Gasteiger partial charge on any atom is 0.573 e. The molecule has 0 bridgehead atoms. The molecule has 226 valence electrons. The van der Waals surface area contributed by atoms with E-state index in [0.29, 0.717) is 18.2 Å². The van der Waals surface area contributed by atoms with Crippen molar-refractivity contribution in [1.29, 1.82) is 0 Å². The van der Waals surface area contributed by atoms with Gasteiger partial charge in [0, 0.05) is 19.1 Å². The largest absolute Gasteiger partial charge is 0.573 e. The van der Waals surface area contributed by atoms with Crippen LogP contribution in [0.2, 0.25) is 0 Å². The van der Waals surface area contributed by atoms with Crippen LogP contribution < -0.4 is 9.46 Å². The van der Waals surface area contributed by atoms with Crippen LogP contribution in [0, 0.1) is 0 Å². The van der Waals surface area contributed by atoms with Crippen LogP contribution in [0.4, 0.5) is 26.3 Å². The molecule has 16 heteroatoms. The van der Waals surface area contributed by atoms with Crippen LogP contribution in [-0.2, 0) is 26.0 Å². The van der Waals surface area contributed by atoms with Crippen LogP contribution >= 0.6 is 0 Å². The molecule has 1 fully saturated rings. The molecular weight excluding hydrogens is 614 g/mol. The van der Waals surface area contributed by atoms with Crippen molar-refractivity contribution in [1.82, 2.24) is 9.62 Å². The van der Waals surface area contributed by atoms with Gasteiger partial charge in [-0.1, -0.05) is 30.3 Å². The minimum absolute atomic E-state index is 0.0867. The summed E-state index contributed by atoms with van der Waals surface area (Å²) in [6.07, 6.45) is -10.4. The second-order valence-electron chi connectivity index (χ2n) is 9.20. The minimum atomic E-state index is -5.14. The fourth-order valence-electron chi connectivity index (χ4n) is 4.37. The molecule has 8 nitrogen and oxygen atoms in total. The van der Waals surface area contributed by atoms with Crippen LogP contribution in [0.3, 0.4) is 0 Å². The van der Waals surface area contributed by atoms with Gasteiger partial charge in [-0.2, -0.15) is 13.2 Å². The highest BCUT2D eigenvalue weighted by molar-refractivity contribution is 7.91. The molecule has 0 unspecified atom stereocenters. The van der Waals surface area contributed by atoms with Gasteiger partial charge in [-0.25, -0.2) is 21.6 Å². The van der Waals surface area contributed by atoms with Gasteiger partial charge in [-0.3, -0.25) is 4.79 Å². The number of para-hydroxylation sites is 1. The highest BCUT2D eigenvalue weighted by atomic mass is 32.2. The molecule has 0 atom stereocenters. The van der Waals surface area contributed by atoms with E-state index in [9.17, 15) is 48.0 Å². The number of hydrogen-bond acceptors (Lipinski definition) is 6. The molecule has 4 rings (SSSR count). The lowest BCUT2D eigenvalue weighted by Crippen LogP contribution is -2.46. The summed E-state index contributed by atoms with van der Waals surface area (Å²) >= 11 is 0. The van der Waals surface area contributed by atoms with Gasteiger partial charge < -0.3 is 9.64 Å². The number of nitrogens with one attached hydrogen (secondary N) is 1. The van der Waals surface area contributed by atoms with Gasteiger partial charge >= 0.3 is 12.5 Å². The second-order valence-corrected chi connectivity index (χ2v) is 12.8. The van der Waals surface area contributed by atoms with E-state index in [0.717, 1.165) is 17.0 Å². The molecule has 1 aliphatic heterocycles. The summed E-state index contributed by atoms with van der Waals surface area (Å²) in [7, 11) is -9.30. The molecule has 0 aliphatic carbocycles. The Morgan fingerprint density at radius 1 is 0.810 bits per heavy atom. The number of nitrogens with zero attached hydrogens (tertiary/aromatic N) is 1. The van der Waals surface area contributed by atoms with Gasteiger partial charge in [0.1, 0.15) is 5.75 Å². The van der Waals surface area contributed by atoms with Crippen molar-refractivity contribution in [3.05, 3.63) is 83.9 Å². The highest BCUT2D eigenvalue weighted by Crippen LogP contribution is 2.37. The zero-order valence-corrected chi connectivity index (χ0v) is 22.9. The quantitative estimate of drug-likeness (QED) is 0.365. The van der Waals surface area contributed by atoms with Crippen LogP contribution in [0.5, 0.6) is 5.75 Å². The number of ether oxygens (including phenoxy) is 1. The number of rotatable bonds is 7. The number of piperidine rings is 1. The van der Waals surface area contributed by atoms with Gasteiger partial charge in [0.2, 0.25) is 19.9 Å². The van der Waals surface area contributed by atoms with E-state index in [1.54, 1.807) is 0 Å². The number of sulfonamides is 1. The molecule has 42 heavy (non-hydrogen) atoms. The minimum Gasteiger partial charge on any atom is -0.405 e. The molecule has 0 saturated carbocycles. The van der Waals surface area contributed by atoms with Crippen molar-refractivity contribution >= 4 is 25.8 Å². The summed E-state index contributed by atoms with van der Waals surface area (Å²) in [6, 6.07) is 12.0. The van der Waals surface area contributed by atoms with Gasteiger partial charge in [0.25, 0.3) is 5.91 Å². The molecule has 1 aliphatic rings. The number of alkyl halides is 6. The monoisotopic (exact) mass is 636 g/mol. The first-order valence-corrected chi connectivity index (χ1v) is 15.1. The number of benzene rings is 3. The van der Waals surface area contributed by atoms with Gasteiger partial charge in [0.05, 0.1) is 25.8 Å². The predicted octanol–water partition coefficient (Wildman–Crippen LogP) is 5.02. The Bertz CT molecular complexity index is 1670. The number of sulfone groups is 1. The first-order valence-electron chi connectivity index (χ1n) is 12.2. The van der Waals surface area contributed by atoms with Crippen LogP contribution in [0.1, 0.15) is 28.8 Å². The number of carbonyl (C=O) groups is 1. The fourth-order valence-corrected chi connectivity index (χ4v) is 7.31. The third-order valence-electron chi connectivity index (χ3n) is 6.36. The Morgan fingerprint density at radius 3 is 2.00 bits per heavy atom. The van der Waals surface area contributed by atoms with Crippen molar-refractivity contribution in [2.75, 3.05) is 13.1 Å². The Hall–Kier alpha value is -3.63. The third-order valence-corrected chi connectivity index (χ3v) is 9.69. The summed E-state index contributed by atoms with van der Waals surface area (Å²) in [5, 5.41) is 0. The van der Waals surface area contributed by atoms with E-state index in [-0.39, 0.29) is 36.4 Å². The van der Waals surface area contributed by atoms with E-state index < -0.39 is 65.5 Å². The maximum atomic E-state index is 13.8. The Labute approximate surface area is 236 Å². The molecule has 1 saturated heterocycles. The molecular formula is C26H22F6N2O6S2. The summed E-state index contributed by atoms with van der Waals surface area (Å²) < 4.78 is 138. The average Bonchev–Trinajstić information content (AvgIpc) is 2.92. The van der Waals surface area contributed by atoms with Gasteiger partial charge in [-0.05, 0) is 55.3 Å². The Kier molecular flexibility index (Phi) is 8.62. The van der Waals surface area contributed by atoms with Crippen molar-refractivity contribution in [2.24, 2.45) is 0 Å². The van der Waals surface area contributed by atoms with Gasteiger partial charge in [0.15, 0.2) is 0 Å². The normalized spacial score (nSPS) is 15.4.